The largest absolute Gasteiger partial charge is 0.368 e. The molecule has 0 atom stereocenters. The maximum atomic E-state index is 12.7. The van der Waals surface area contributed by atoms with Gasteiger partial charge in [-0.3, -0.25) is 4.79 Å². The lowest BCUT2D eigenvalue weighted by Crippen LogP contribution is -2.47. The van der Waals surface area contributed by atoms with Gasteiger partial charge in [0.05, 0.1) is 0 Å². The van der Waals surface area contributed by atoms with E-state index < -0.39 is 5.37 Å². The zero-order chi connectivity index (χ0) is 11.5. The van der Waals surface area contributed by atoms with Gasteiger partial charge >= 0.3 is 5.37 Å². The Balaban J connectivity index is 0.00000144. The van der Waals surface area contributed by atoms with Gasteiger partial charge in [-0.15, -0.1) is 12.4 Å². The first kappa shape index (κ1) is 14.1. The quantitative estimate of drug-likeness (QED) is 0.583. The average molecular weight is 279 g/mol. The van der Waals surface area contributed by atoms with Crippen molar-refractivity contribution in [2.45, 2.75) is 0 Å². The summed E-state index contributed by atoms with van der Waals surface area (Å²) >= 11 is 5.39. The molecule has 0 aliphatic carbocycles. The van der Waals surface area contributed by atoms with Crippen LogP contribution in [0.25, 0.3) is 0 Å². The summed E-state index contributed by atoms with van der Waals surface area (Å²) < 4.78 is 12.7. The molecule has 0 unspecified atom stereocenters. The Labute approximate surface area is 111 Å². The topological polar surface area (TPSA) is 23.6 Å². The first-order chi connectivity index (χ1) is 7.66. The molecule has 3 nitrogen and oxygen atoms in total. The highest BCUT2D eigenvalue weighted by atomic mass is 35.5. The zero-order valence-corrected chi connectivity index (χ0v) is 10.7. The molecule has 0 aromatic heterocycles. The van der Waals surface area contributed by atoms with Crippen molar-refractivity contribution in [3.63, 3.8) is 0 Å². The summed E-state index contributed by atoms with van der Waals surface area (Å²) in [5.41, 5.74) is 0.975. The lowest BCUT2D eigenvalue weighted by molar-refractivity contribution is 0.218. The Kier molecular flexibility index (Phi) is 5.02. The molecule has 1 fully saturated rings. The summed E-state index contributed by atoms with van der Waals surface area (Å²) in [4.78, 5) is 14.6. The van der Waals surface area contributed by atoms with E-state index in [2.05, 4.69) is 4.90 Å². The van der Waals surface area contributed by atoms with Gasteiger partial charge in [-0.1, -0.05) is 0 Å². The fraction of sp³-hybridized carbons (Fsp3) is 0.364. The molecule has 1 aromatic rings. The third-order valence-electron chi connectivity index (χ3n) is 2.72. The Morgan fingerprint density at radius 1 is 1.12 bits per heavy atom. The number of benzene rings is 1. The van der Waals surface area contributed by atoms with E-state index in [9.17, 15) is 9.18 Å². The number of piperazine rings is 1. The van der Waals surface area contributed by atoms with Crippen LogP contribution < -0.4 is 4.90 Å². The molecule has 0 bridgehead atoms. The van der Waals surface area contributed by atoms with Crippen LogP contribution in [0.15, 0.2) is 24.3 Å². The molecule has 0 radical (unpaired) electrons. The maximum absolute atomic E-state index is 12.7. The monoisotopic (exact) mass is 278 g/mol. The van der Waals surface area contributed by atoms with Crippen LogP contribution in [0, 0.1) is 5.82 Å². The molecule has 17 heavy (non-hydrogen) atoms. The van der Waals surface area contributed by atoms with Crippen LogP contribution in [0.2, 0.25) is 0 Å². The van der Waals surface area contributed by atoms with E-state index in [1.165, 1.54) is 12.1 Å². The Morgan fingerprint density at radius 3 is 2.12 bits per heavy atom. The number of hydrogen-bond acceptors (Lipinski definition) is 2. The minimum atomic E-state index is -0.404. The van der Waals surface area contributed by atoms with E-state index >= 15 is 0 Å². The van der Waals surface area contributed by atoms with Crippen LogP contribution >= 0.6 is 24.0 Å². The van der Waals surface area contributed by atoms with E-state index in [1.54, 1.807) is 17.0 Å². The van der Waals surface area contributed by atoms with Crippen LogP contribution in [-0.2, 0) is 0 Å². The van der Waals surface area contributed by atoms with Crippen LogP contribution in [0.5, 0.6) is 0 Å². The smallest absolute Gasteiger partial charge is 0.316 e. The van der Waals surface area contributed by atoms with Crippen molar-refractivity contribution in [2.24, 2.45) is 0 Å². The second kappa shape index (κ2) is 6.07. The molecule has 94 valence electrons. The highest BCUT2D eigenvalue weighted by Gasteiger charge is 2.19. The van der Waals surface area contributed by atoms with Gasteiger partial charge in [0.15, 0.2) is 0 Å². The van der Waals surface area contributed by atoms with E-state index in [0.717, 1.165) is 18.8 Å². The number of anilines is 1. The average Bonchev–Trinajstić information content (AvgIpc) is 2.30. The molecule has 1 aliphatic heterocycles. The first-order valence-corrected chi connectivity index (χ1v) is 5.49. The van der Waals surface area contributed by atoms with E-state index in [-0.39, 0.29) is 18.2 Å². The van der Waals surface area contributed by atoms with Gasteiger partial charge in [-0.25, -0.2) is 4.39 Å². The molecule has 6 heteroatoms. The van der Waals surface area contributed by atoms with E-state index in [1.807, 2.05) is 0 Å². The fourth-order valence-corrected chi connectivity index (χ4v) is 1.96. The van der Waals surface area contributed by atoms with Gasteiger partial charge in [0, 0.05) is 31.9 Å². The van der Waals surface area contributed by atoms with Crippen LogP contribution in [0.3, 0.4) is 0 Å². The summed E-state index contributed by atoms with van der Waals surface area (Å²) in [6.07, 6.45) is 0. The van der Waals surface area contributed by atoms with E-state index in [0.29, 0.717) is 13.1 Å². The number of halogens is 3. The van der Waals surface area contributed by atoms with Gasteiger partial charge < -0.3 is 9.80 Å². The number of rotatable bonds is 1. The van der Waals surface area contributed by atoms with Crippen LogP contribution in [0.4, 0.5) is 14.9 Å². The van der Waals surface area contributed by atoms with Gasteiger partial charge in [0.25, 0.3) is 0 Å². The lowest BCUT2D eigenvalue weighted by atomic mass is 10.2. The molecule has 1 amide bonds. The van der Waals surface area contributed by atoms with E-state index in [4.69, 9.17) is 11.6 Å². The molecule has 1 heterocycles. The Bertz CT molecular complexity index is 378. The molecule has 0 N–H and O–H groups in total. The van der Waals surface area contributed by atoms with Crippen molar-refractivity contribution in [3.8, 4) is 0 Å². The summed E-state index contributed by atoms with van der Waals surface area (Å²) in [6.45, 7) is 2.67. The second-order valence-corrected chi connectivity index (χ2v) is 4.03. The van der Waals surface area contributed by atoms with Crippen molar-refractivity contribution in [1.82, 2.24) is 4.90 Å². The highest BCUT2D eigenvalue weighted by molar-refractivity contribution is 6.62. The van der Waals surface area contributed by atoms with Crippen molar-refractivity contribution in [2.75, 3.05) is 31.1 Å². The standard InChI is InChI=1S/C11H12ClFN2O.ClH/c12-11(16)15-7-5-14(6-8-15)10-3-1-9(13)2-4-10;/h1-4H,5-8H2;1H. The van der Waals surface area contributed by atoms with Crippen LogP contribution in [-0.4, -0.2) is 36.4 Å². The SMILES string of the molecule is Cl.O=C(Cl)N1CCN(c2ccc(F)cc2)CC1. The molecule has 1 saturated heterocycles. The number of hydrogen-bond donors (Lipinski definition) is 0. The number of carbonyl (C=O) groups is 1. The van der Waals surface area contributed by atoms with Crippen molar-refractivity contribution < 1.29 is 9.18 Å². The molecule has 2 rings (SSSR count). The second-order valence-electron chi connectivity index (χ2n) is 3.70. The highest BCUT2D eigenvalue weighted by Crippen LogP contribution is 2.17. The predicted molar refractivity (Wildman–Crippen MR) is 68.7 cm³/mol. The molecular formula is C11H13Cl2FN2O. The predicted octanol–water partition coefficient (Wildman–Crippen LogP) is 2.73. The number of amides is 1. The maximum Gasteiger partial charge on any atom is 0.316 e. The van der Waals surface area contributed by atoms with Crippen molar-refractivity contribution in [3.05, 3.63) is 30.1 Å². The minimum absolute atomic E-state index is 0. The van der Waals surface area contributed by atoms with Gasteiger partial charge in [-0.2, -0.15) is 0 Å². The number of nitrogens with zero attached hydrogens (tertiary/aromatic N) is 2. The third-order valence-corrected chi connectivity index (χ3v) is 2.96. The first-order valence-electron chi connectivity index (χ1n) is 5.12. The molecular weight excluding hydrogens is 266 g/mol. The summed E-state index contributed by atoms with van der Waals surface area (Å²) in [5, 5.41) is -0.404. The normalized spacial score (nSPS) is 15.4. The van der Waals surface area contributed by atoms with Crippen molar-refractivity contribution >= 4 is 35.1 Å². The number of carbonyl (C=O) groups excluding carboxylic acids is 1. The Morgan fingerprint density at radius 2 is 1.65 bits per heavy atom. The fourth-order valence-electron chi connectivity index (χ4n) is 1.79. The van der Waals surface area contributed by atoms with Gasteiger partial charge in [0.1, 0.15) is 5.82 Å². The minimum Gasteiger partial charge on any atom is -0.368 e. The summed E-state index contributed by atoms with van der Waals surface area (Å²) in [7, 11) is 0. The molecule has 0 saturated carbocycles. The van der Waals surface area contributed by atoms with Gasteiger partial charge in [-0.05, 0) is 35.9 Å². The summed E-state index contributed by atoms with van der Waals surface area (Å²) in [6, 6.07) is 6.36. The zero-order valence-electron chi connectivity index (χ0n) is 9.10. The van der Waals surface area contributed by atoms with Gasteiger partial charge in [0.2, 0.25) is 0 Å². The molecule has 1 aromatic carbocycles. The summed E-state index contributed by atoms with van der Waals surface area (Å²) in [5.74, 6) is -0.238. The molecule has 1 aliphatic rings. The van der Waals surface area contributed by atoms with Crippen molar-refractivity contribution in [1.29, 1.82) is 0 Å². The Hall–Kier alpha value is -1.00. The lowest BCUT2D eigenvalue weighted by Gasteiger charge is -2.34. The van der Waals surface area contributed by atoms with Crippen LogP contribution in [0.1, 0.15) is 0 Å². The molecule has 0 spiro atoms. The third kappa shape index (κ3) is 3.48.